The van der Waals surface area contributed by atoms with Gasteiger partial charge in [0.15, 0.2) is 0 Å². The predicted molar refractivity (Wildman–Crippen MR) is 53.8 cm³/mol. The van der Waals surface area contributed by atoms with Crippen LogP contribution in [0.2, 0.25) is 0 Å². The summed E-state index contributed by atoms with van der Waals surface area (Å²) in [6, 6.07) is 0. The zero-order chi connectivity index (χ0) is 9.90. The molecule has 1 fully saturated rings. The Bertz CT molecular complexity index is 149. The van der Waals surface area contributed by atoms with Gasteiger partial charge in [-0.15, -0.1) is 0 Å². The van der Waals surface area contributed by atoms with Crippen molar-refractivity contribution in [2.75, 3.05) is 13.2 Å². The van der Waals surface area contributed by atoms with Crippen LogP contribution in [-0.2, 0) is 9.47 Å². The van der Waals surface area contributed by atoms with Crippen LogP contribution in [0.4, 0.5) is 0 Å². The van der Waals surface area contributed by atoms with Crippen LogP contribution in [-0.4, -0.2) is 24.9 Å². The molecule has 2 nitrogen and oxygen atoms in total. The van der Waals surface area contributed by atoms with Crippen molar-refractivity contribution in [1.29, 1.82) is 0 Å². The van der Waals surface area contributed by atoms with E-state index in [-0.39, 0.29) is 5.60 Å². The SMILES string of the molecule is CC1OCCCC1COC(C)(C)C. The van der Waals surface area contributed by atoms with Crippen LogP contribution >= 0.6 is 0 Å². The Balaban J connectivity index is 2.27. The first-order valence-electron chi connectivity index (χ1n) is 5.24. The van der Waals surface area contributed by atoms with Gasteiger partial charge in [-0.1, -0.05) is 0 Å². The average Bonchev–Trinajstić information content (AvgIpc) is 2.01. The Labute approximate surface area is 81.6 Å². The third-order valence-corrected chi connectivity index (χ3v) is 2.49. The summed E-state index contributed by atoms with van der Waals surface area (Å²) < 4.78 is 11.3. The topological polar surface area (TPSA) is 18.5 Å². The van der Waals surface area contributed by atoms with Crippen LogP contribution in [0, 0.1) is 5.92 Å². The molecule has 0 N–H and O–H groups in total. The minimum Gasteiger partial charge on any atom is -0.378 e. The maximum Gasteiger partial charge on any atom is 0.0598 e. The molecular weight excluding hydrogens is 164 g/mol. The molecule has 0 bridgehead atoms. The van der Waals surface area contributed by atoms with E-state index in [1.807, 2.05) is 0 Å². The second-order valence-corrected chi connectivity index (χ2v) is 4.90. The van der Waals surface area contributed by atoms with E-state index in [0.717, 1.165) is 13.2 Å². The van der Waals surface area contributed by atoms with Crippen LogP contribution in [0.3, 0.4) is 0 Å². The van der Waals surface area contributed by atoms with E-state index in [1.165, 1.54) is 12.8 Å². The lowest BCUT2D eigenvalue weighted by atomic mass is 9.96. The van der Waals surface area contributed by atoms with Gasteiger partial charge in [0, 0.05) is 12.5 Å². The van der Waals surface area contributed by atoms with Crippen LogP contribution in [0.1, 0.15) is 40.5 Å². The van der Waals surface area contributed by atoms with Gasteiger partial charge in [0.2, 0.25) is 0 Å². The lowest BCUT2D eigenvalue weighted by molar-refractivity contribution is -0.0825. The van der Waals surface area contributed by atoms with Gasteiger partial charge in [-0.3, -0.25) is 0 Å². The standard InChI is InChI=1S/C11H22O2/c1-9-10(6-5-7-12-9)8-13-11(2,3)4/h9-10H,5-8H2,1-4H3. The van der Waals surface area contributed by atoms with Gasteiger partial charge in [-0.2, -0.15) is 0 Å². The summed E-state index contributed by atoms with van der Waals surface area (Å²) in [5.74, 6) is 0.591. The summed E-state index contributed by atoms with van der Waals surface area (Å²) in [5.41, 5.74) is -0.0167. The number of ether oxygens (including phenoxy) is 2. The van der Waals surface area contributed by atoms with Crippen molar-refractivity contribution < 1.29 is 9.47 Å². The van der Waals surface area contributed by atoms with Crippen molar-refractivity contribution in [3.63, 3.8) is 0 Å². The minimum absolute atomic E-state index is 0.0167. The molecule has 1 aliphatic rings. The van der Waals surface area contributed by atoms with E-state index in [2.05, 4.69) is 27.7 Å². The molecule has 13 heavy (non-hydrogen) atoms. The third kappa shape index (κ3) is 4.10. The zero-order valence-corrected chi connectivity index (χ0v) is 9.30. The molecule has 0 radical (unpaired) electrons. The van der Waals surface area contributed by atoms with Crippen LogP contribution in [0.25, 0.3) is 0 Å². The smallest absolute Gasteiger partial charge is 0.0598 e. The highest BCUT2D eigenvalue weighted by Crippen LogP contribution is 2.22. The predicted octanol–water partition coefficient (Wildman–Crippen LogP) is 2.62. The van der Waals surface area contributed by atoms with E-state index in [9.17, 15) is 0 Å². The van der Waals surface area contributed by atoms with E-state index in [0.29, 0.717) is 12.0 Å². The van der Waals surface area contributed by atoms with Crippen molar-refractivity contribution in [3.05, 3.63) is 0 Å². The largest absolute Gasteiger partial charge is 0.378 e. The van der Waals surface area contributed by atoms with Gasteiger partial charge in [0.1, 0.15) is 0 Å². The highest BCUT2D eigenvalue weighted by atomic mass is 16.5. The Kier molecular flexibility index (Phi) is 3.74. The summed E-state index contributed by atoms with van der Waals surface area (Å²) in [7, 11) is 0. The maximum absolute atomic E-state index is 5.76. The van der Waals surface area contributed by atoms with E-state index >= 15 is 0 Å². The molecule has 0 spiro atoms. The molecule has 0 saturated carbocycles. The number of rotatable bonds is 2. The second kappa shape index (κ2) is 4.43. The number of hydrogen-bond donors (Lipinski definition) is 0. The Morgan fingerprint density at radius 2 is 2.08 bits per heavy atom. The fourth-order valence-electron chi connectivity index (χ4n) is 1.56. The summed E-state index contributed by atoms with van der Waals surface area (Å²) in [6.07, 6.45) is 2.80. The molecule has 2 atom stereocenters. The first kappa shape index (κ1) is 11.0. The normalized spacial score (nSPS) is 30.5. The van der Waals surface area contributed by atoms with E-state index < -0.39 is 0 Å². The van der Waals surface area contributed by atoms with Gasteiger partial charge in [0.05, 0.1) is 18.3 Å². The molecule has 2 heteroatoms. The molecule has 1 rings (SSSR count). The summed E-state index contributed by atoms with van der Waals surface area (Å²) in [6.45, 7) is 10.2. The van der Waals surface area contributed by atoms with Crippen molar-refractivity contribution in [2.24, 2.45) is 5.92 Å². The molecule has 0 aromatic heterocycles. The third-order valence-electron chi connectivity index (χ3n) is 2.49. The summed E-state index contributed by atoms with van der Waals surface area (Å²) >= 11 is 0. The Hall–Kier alpha value is -0.0800. The lowest BCUT2D eigenvalue weighted by Crippen LogP contribution is -2.33. The highest BCUT2D eigenvalue weighted by molar-refractivity contribution is 4.72. The van der Waals surface area contributed by atoms with Gasteiger partial charge < -0.3 is 9.47 Å². The highest BCUT2D eigenvalue weighted by Gasteiger charge is 2.24. The summed E-state index contributed by atoms with van der Waals surface area (Å²) in [4.78, 5) is 0. The molecule has 2 unspecified atom stereocenters. The van der Waals surface area contributed by atoms with Gasteiger partial charge >= 0.3 is 0 Å². The lowest BCUT2D eigenvalue weighted by Gasteiger charge is -2.31. The van der Waals surface area contributed by atoms with Crippen molar-refractivity contribution in [2.45, 2.75) is 52.2 Å². The van der Waals surface area contributed by atoms with E-state index in [4.69, 9.17) is 9.47 Å². The van der Waals surface area contributed by atoms with E-state index in [1.54, 1.807) is 0 Å². The molecule has 78 valence electrons. The fraction of sp³-hybridized carbons (Fsp3) is 1.00. The quantitative estimate of drug-likeness (QED) is 0.660. The maximum atomic E-state index is 5.76. The van der Waals surface area contributed by atoms with Crippen LogP contribution < -0.4 is 0 Å². The summed E-state index contributed by atoms with van der Waals surface area (Å²) in [5, 5.41) is 0. The molecule has 1 aliphatic heterocycles. The minimum atomic E-state index is -0.0167. The molecule has 0 aliphatic carbocycles. The van der Waals surface area contributed by atoms with Gasteiger partial charge in [0.25, 0.3) is 0 Å². The van der Waals surface area contributed by atoms with Crippen molar-refractivity contribution >= 4 is 0 Å². The van der Waals surface area contributed by atoms with Crippen LogP contribution in [0.5, 0.6) is 0 Å². The first-order chi connectivity index (χ1) is 5.99. The second-order valence-electron chi connectivity index (χ2n) is 4.90. The molecule has 0 aromatic rings. The molecule has 0 aromatic carbocycles. The monoisotopic (exact) mass is 186 g/mol. The molecule has 1 saturated heterocycles. The Morgan fingerprint density at radius 1 is 1.38 bits per heavy atom. The van der Waals surface area contributed by atoms with Gasteiger partial charge in [-0.05, 0) is 40.5 Å². The molecule has 1 heterocycles. The van der Waals surface area contributed by atoms with Crippen molar-refractivity contribution in [3.8, 4) is 0 Å². The zero-order valence-electron chi connectivity index (χ0n) is 9.30. The molecule has 0 amide bonds. The van der Waals surface area contributed by atoms with Crippen molar-refractivity contribution in [1.82, 2.24) is 0 Å². The molecular formula is C11H22O2. The fourth-order valence-corrected chi connectivity index (χ4v) is 1.56. The number of hydrogen-bond acceptors (Lipinski definition) is 2. The average molecular weight is 186 g/mol. The first-order valence-corrected chi connectivity index (χ1v) is 5.24. The van der Waals surface area contributed by atoms with Crippen LogP contribution in [0.15, 0.2) is 0 Å². The Morgan fingerprint density at radius 3 is 2.62 bits per heavy atom. The van der Waals surface area contributed by atoms with Gasteiger partial charge in [-0.25, -0.2) is 0 Å².